The number of carbonyl (C=O) groups excluding carboxylic acids is 1. The predicted molar refractivity (Wildman–Crippen MR) is 105 cm³/mol. The molecule has 0 fully saturated rings. The van der Waals surface area contributed by atoms with E-state index >= 15 is 0 Å². The highest BCUT2D eigenvalue weighted by Gasteiger charge is 2.18. The van der Waals surface area contributed by atoms with Gasteiger partial charge in [-0.3, -0.25) is 19.0 Å². The molecule has 7 nitrogen and oxygen atoms in total. The molecular formula is C20H25N5O2. The van der Waals surface area contributed by atoms with Crippen molar-refractivity contribution in [3.8, 4) is 5.69 Å². The van der Waals surface area contributed by atoms with Crippen LogP contribution in [0.5, 0.6) is 0 Å². The van der Waals surface area contributed by atoms with Crippen LogP contribution in [-0.2, 0) is 25.3 Å². The van der Waals surface area contributed by atoms with Crippen LogP contribution in [-0.4, -0.2) is 25.1 Å². The highest BCUT2D eigenvalue weighted by Crippen LogP contribution is 2.16. The van der Waals surface area contributed by atoms with Gasteiger partial charge < -0.3 is 5.32 Å². The van der Waals surface area contributed by atoms with E-state index in [-0.39, 0.29) is 11.5 Å². The van der Waals surface area contributed by atoms with E-state index in [9.17, 15) is 9.59 Å². The second-order valence-corrected chi connectivity index (χ2v) is 6.76. The number of nitrogens with zero attached hydrogens (tertiary/aromatic N) is 4. The summed E-state index contributed by atoms with van der Waals surface area (Å²) in [6.07, 6.45) is 0.891. The standard InChI is InChI=1S/C20H25N5O2/c1-13-17(14(2)23(4)22-13)11-12-18(26)21-19-15(3)24(5)25(20(19)27)16-9-7-6-8-10-16/h6-10H,11-12H2,1-5H3,(H,21,26). The Kier molecular flexibility index (Phi) is 5.03. The van der Waals surface area contributed by atoms with Crippen LogP contribution >= 0.6 is 0 Å². The largest absolute Gasteiger partial charge is 0.320 e. The van der Waals surface area contributed by atoms with Gasteiger partial charge in [-0.2, -0.15) is 5.10 Å². The Balaban J connectivity index is 1.80. The molecule has 0 saturated heterocycles. The number of amides is 1. The van der Waals surface area contributed by atoms with Crippen molar-refractivity contribution in [1.29, 1.82) is 0 Å². The van der Waals surface area contributed by atoms with Gasteiger partial charge in [0.25, 0.3) is 5.56 Å². The first-order chi connectivity index (χ1) is 12.8. The van der Waals surface area contributed by atoms with Crippen LogP contribution in [0.1, 0.15) is 29.1 Å². The number of hydrogen-bond acceptors (Lipinski definition) is 3. The first kappa shape index (κ1) is 18.7. The number of hydrogen-bond donors (Lipinski definition) is 1. The summed E-state index contributed by atoms with van der Waals surface area (Å²) in [7, 11) is 3.70. The van der Waals surface area contributed by atoms with Crippen LogP contribution in [0, 0.1) is 20.8 Å². The zero-order valence-corrected chi connectivity index (χ0v) is 16.4. The molecular weight excluding hydrogens is 342 g/mol. The van der Waals surface area contributed by atoms with Crippen molar-refractivity contribution in [2.45, 2.75) is 33.6 Å². The Bertz CT molecular complexity index is 1040. The number of anilines is 1. The molecule has 0 atom stereocenters. The Hall–Kier alpha value is -3.09. The second kappa shape index (κ2) is 7.26. The molecule has 0 radical (unpaired) electrons. The molecule has 27 heavy (non-hydrogen) atoms. The van der Waals surface area contributed by atoms with Gasteiger partial charge in [0.1, 0.15) is 5.69 Å². The summed E-state index contributed by atoms with van der Waals surface area (Å²) in [5.41, 5.74) is 4.64. The second-order valence-electron chi connectivity index (χ2n) is 6.76. The van der Waals surface area contributed by atoms with E-state index in [0.717, 1.165) is 22.6 Å². The lowest BCUT2D eigenvalue weighted by molar-refractivity contribution is -0.116. The summed E-state index contributed by atoms with van der Waals surface area (Å²) < 4.78 is 5.13. The molecule has 2 aromatic heterocycles. The van der Waals surface area contributed by atoms with Crippen LogP contribution in [0.25, 0.3) is 5.69 Å². The number of aryl methyl sites for hydroxylation is 2. The zero-order valence-electron chi connectivity index (χ0n) is 16.4. The molecule has 3 rings (SSSR count). The third-order valence-corrected chi connectivity index (χ3v) is 5.08. The SMILES string of the molecule is Cc1nn(C)c(C)c1CCC(=O)Nc1c(C)n(C)n(-c2ccccc2)c1=O. The maximum absolute atomic E-state index is 12.8. The highest BCUT2D eigenvalue weighted by molar-refractivity contribution is 5.91. The molecule has 1 N–H and O–H groups in total. The number of carbonyl (C=O) groups is 1. The average molecular weight is 367 g/mol. The summed E-state index contributed by atoms with van der Waals surface area (Å²) in [5, 5.41) is 7.18. The maximum atomic E-state index is 12.8. The molecule has 0 bridgehead atoms. The highest BCUT2D eigenvalue weighted by atomic mass is 16.2. The lowest BCUT2D eigenvalue weighted by Gasteiger charge is -2.07. The molecule has 0 aliphatic carbocycles. The van der Waals surface area contributed by atoms with E-state index in [4.69, 9.17) is 0 Å². The lowest BCUT2D eigenvalue weighted by Crippen LogP contribution is -2.23. The van der Waals surface area contributed by atoms with Crippen molar-refractivity contribution < 1.29 is 4.79 Å². The fourth-order valence-electron chi connectivity index (χ4n) is 3.33. The minimum absolute atomic E-state index is 0.177. The first-order valence-electron chi connectivity index (χ1n) is 8.94. The van der Waals surface area contributed by atoms with Crippen molar-refractivity contribution in [3.05, 3.63) is 63.3 Å². The Morgan fingerprint density at radius 1 is 1.07 bits per heavy atom. The zero-order chi connectivity index (χ0) is 19.7. The van der Waals surface area contributed by atoms with Crippen LogP contribution in [0.3, 0.4) is 0 Å². The topological polar surface area (TPSA) is 73.8 Å². The summed E-state index contributed by atoms with van der Waals surface area (Å²) >= 11 is 0. The average Bonchev–Trinajstić information content (AvgIpc) is 3.01. The molecule has 0 aliphatic rings. The third kappa shape index (κ3) is 3.45. The van der Waals surface area contributed by atoms with Crippen LogP contribution in [0.4, 0.5) is 5.69 Å². The van der Waals surface area contributed by atoms with Gasteiger partial charge >= 0.3 is 0 Å². The first-order valence-corrected chi connectivity index (χ1v) is 8.94. The van der Waals surface area contributed by atoms with Crippen molar-refractivity contribution in [3.63, 3.8) is 0 Å². The molecule has 0 spiro atoms. The molecule has 0 saturated carbocycles. The quantitative estimate of drug-likeness (QED) is 0.753. The predicted octanol–water partition coefficient (Wildman–Crippen LogP) is 2.41. The van der Waals surface area contributed by atoms with E-state index < -0.39 is 0 Å². The van der Waals surface area contributed by atoms with Crippen molar-refractivity contribution in [2.75, 3.05) is 5.32 Å². The number of aromatic nitrogens is 4. The summed E-state index contributed by atoms with van der Waals surface area (Å²) in [6.45, 7) is 5.76. The molecule has 0 aliphatic heterocycles. The maximum Gasteiger partial charge on any atom is 0.295 e. The fraction of sp³-hybridized carbons (Fsp3) is 0.350. The Morgan fingerprint density at radius 3 is 2.33 bits per heavy atom. The van der Waals surface area contributed by atoms with E-state index in [1.54, 1.807) is 9.36 Å². The molecule has 142 valence electrons. The van der Waals surface area contributed by atoms with Gasteiger partial charge in [-0.05, 0) is 44.9 Å². The lowest BCUT2D eigenvalue weighted by atomic mass is 10.1. The summed E-state index contributed by atoms with van der Waals surface area (Å²) in [6, 6.07) is 9.37. The molecule has 3 aromatic rings. The molecule has 1 aromatic carbocycles. The van der Waals surface area contributed by atoms with Crippen molar-refractivity contribution in [1.82, 2.24) is 19.1 Å². The van der Waals surface area contributed by atoms with Gasteiger partial charge in [0.05, 0.1) is 17.1 Å². The molecule has 7 heteroatoms. The Morgan fingerprint density at radius 2 is 1.74 bits per heavy atom. The van der Waals surface area contributed by atoms with Gasteiger partial charge in [0.15, 0.2) is 0 Å². The van der Waals surface area contributed by atoms with E-state index in [0.29, 0.717) is 24.2 Å². The summed E-state index contributed by atoms with van der Waals surface area (Å²) in [4.78, 5) is 25.3. The Labute approximate surface area is 158 Å². The third-order valence-electron chi connectivity index (χ3n) is 5.08. The van der Waals surface area contributed by atoms with Gasteiger partial charge in [-0.15, -0.1) is 0 Å². The van der Waals surface area contributed by atoms with Crippen molar-refractivity contribution >= 4 is 11.6 Å². The smallest absolute Gasteiger partial charge is 0.295 e. The molecule has 0 unspecified atom stereocenters. The fourth-order valence-corrected chi connectivity index (χ4v) is 3.33. The van der Waals surface area contributed by atoms with E-state index in [1.807, 2.05) is 69.9 Å². The van der Waals surface area contributed by atoms with E-state index in [2.05, 4.69) is 10.4 Å². The van der Waals surface area contributed by atoms with Gasteiger partial charge in [-0.25, -0.2) is 4.68 Å². The number of nitrogens with one attached hydrogen (secondary N) is 1. The number of rotatable bonds is 5. The minimum atomic E-state index is -0.233. The molecule has 2 heterocycles. The van der Waals surface area contributed by atoms with Gasteiger partial charge in [0, 0.05) is 26.2 Å². The van der Waals surface area contributed by atoms with Gasteiger partial charge in [-0.1, -0.05) is 18.2 Å². The number of para-hydroxylation sites is 1. The normalized spacial score (nSPS) is 11.0. The van der Waals surface area contributed by atoms with Crippen molar-refractivity contribution in [2.24, 2.45) is 14.1 Å². The monoisotopic (exact) mass is 367 g/mol. The van der Waals surface area contributed by atoms with Crippen LogP contribution in [0.15, 0.2) is 35.1 Å². The van der Waals surface area contributed by atoms with Crippen LogP contribution < -0.4 is 10.9 Å². The van der Waals surface area contributed by atoms with E-state index in [1.165, 1.54) is 0 Å². The summed E-state index contributed by atoms with van der Waals surface area (Å²) in [5.74, 6) is -0.177. The molecule has 1 amide bonds. The minimum Gasteiger partial charge on any atom is -0.320 e. The van der Waals surface area contributed by atoms with Crippen LogP contribution in [0.2, 0.25) is 0 Å². The number of benzene rings is 1. The van der Waals surface area contributed by atoms with Gasteiger partial charge in [0.2, 0.25) is 5.91 Å².